The van der Waals surface area contributed by atoms with Gasteiger partial charge in [0.1, 0.15) is 7.85 Å². The summed E-state index contributed by atoms with van der Waals surface area (Å²) in [5.41, 5.74) is 0.228. The number of hydrogen-bond donors (Lipinski definition) is 0. The standard InChI is InChI=1S/C12H6BNO2S/c13-8-5-6-10-11(12(8)14(15)16)7-3-1-2-4-9(7)17-10/h1-6H. The molecule has 0 saturated carbocycles. The molecule has 0 fully saturated rings. The second kappa shape index (κ2) is 3.57. The van der Waals surface area contributed by atoms with Crippen molar-refractivity contribution in [3.8, 4) is 0 Å². The summed E-state index contributed by atoms with van der Waals surface area (Å²) in [6.07, 6.45) is 0. The fraction of sp³-hybridized carbons (Fsp3) is 0. The molecule has 3 aromatic rings. The molecule has 0 atom stereocenters. The second-order valence-electron chi connectivity index (χ2n) is 3.73. The van der Waals surface area contributed by atoms with Crippen LogP contribution in [0.25, 0.3) is 20.2 Å². The quantitative estimate of drug-likeness (QED) is 0.372. The highest BCUT2D eigenvalue weighted by molar-refractivity contribution is 7.26. The smallest absolute Gasteiger partial charge is 0.258 e. The summed E-state index contributed by atoms with van der Waals surface area (Å²) in [5.74, 6) is 0. The summed E-state index contributed by atoms with van der Waals surface area (Å²) in [5, 5.41) is 12.7. The SMILES string of the molecule is [B]c1ccc2sc3ccccc3c2c1[N+](=O)[O-]. The Morgan fingerprint density at radius 2 is 1.88 bits per heavy atom. The minimum Gasteiger partial charge on any atom is -0.258 e. The summed E-state index contributed by atoms with van der Waals surface area (Å²) in [6, 6.07) is 11.1. The monoisotopic (exact) mass is 239 g/mol. The van der Waals surface area contributed by atoms with Gasteiger partial charge in [-0.2, -0.15) is 0 Å². The molecule has 0 spiro atoms. The highest BCUT2D eigenvalue weighted by Gasteiger charge is 2.19. The molecule has 0 aliphatic heterocycles. The molecular weight excluding hydrogens is 233 g/mol. The van der Waals surface area contributed by atoms with Crippen molar-refractivity contribution in [1.82, 2.24) is 0 Å². The lowest BCUT2D eigenvalue weighted by Gasteiger charge is -1.99. The zero-order chi connectivity index (χ0) is 12.0. The lowest BCUT2D eigenvalue weighted by atomic mass is 9.92. The third-order valence-electron chi connectivity index (χ3n) is 2.73. The van der Waals surface area contributed by atoms with Gasteiger partial charge >= 0.3 is 0 Å². The predicted molar refractivity (Wildman–Crippen MR) is 71.4 cm³/mol. The fourth-order valence-electron chi connectivity index (χ4n) is 2.01. The minimum atomic E-state index is -0.406. The molecule has 0 aliphatic carbocycles. The number of benzene rings is 2. The second-order valence-corrected chi connectivity index (χ2v) is 4.82. The number of rotatable bonds is 1. The number of hydrogen-bond acceptors (Lipinski definition) is 3. The average Bonchev–Trinajstić information content (AvgIpc) is 2.67. The van der Waals surface area contributed by atoms with Crippen molar-refractivity contribution in [2.45, 2.75) is 0 Å². The van der Waals surface area contributed by atoms with Crippen LogP contribution in [0.1, 0.15) is 0 Å². The molecule has 2 radical (unpaired) electrons. The molecule has 80 valence electrons. The van der Waals surface area contributed by atoms with Gasteiger partial charge in [0, 0.05) is 14.8 Å². The molecule has 3 rings (SSSR count). The van der Waals surface area contributed by atoms with E-state index >= 15 is 0 Å². The van der Waals surface area contributed by atoms with Crippen LogP contribution in [0.3, 0.4) is 0 Å². The van der Waals surface area contributed by atoms with Crippen LogP contribution in [0, 0.1) is 10.1 Å². The van der Waals surface area contributed by atoms with Crippen molar-refractivity contribution in [3.05, 3.63) is 46.5 Å². The third-order valence-corrected chi connectivity index (χ3v) is 3.87. The van der Waals surface area contributed by atoms with E-state index in [2.05, 4.69) is 0 Å². The van der Waals surface area contributed by atoms with Crippen molar-refractivity contribution >= 4 is 50.5 Å². The molecule has 1 aromatic heterocycles. The van der Waals surface area contributed by atoms with E-state index in [-0.39, 0.29) is 11.2 Å². The Bertz CT molecular complexity index is 751. The van der Waals surface area contributed by atoms with Crippen LogP contribution in [0.5, 0.6) is 0 Å². The van der Waals surface area contributed by atoms with E-state index in [1.165, 1.54) is 0 Å². The number of nitro benzene ring substituents is 1. The summed E-state index contributed by atoms with van der Waals surface area (Å²) < 4.78 is 1.93. The van der Waals surface area contributed by atoms with Gasteiger partial charge in [0.25, 0.3) is 5.69 Å². The van der Waals surface area contributed by atoms with E-state index in [0.717, 1.165) is 14.8 Å². The molecule has 0 N–H and O–H groups in total. The van der Waals surface area contributed by atoms with Gasteiger partial charge in [0.15, 0.2) is 0 Å². The lowest BCUT2D eigenvalue weighted by molar-refractivity contribution is -0.381. The van der Waals surface area contributed by atoms with Gasteiger partial charge in [0.2, 0.25) is 0 Å². The van der Waals surface area contributed by atoms with Crippen LogP contribution >= 0.6 is 11.3 Å². The Morgan fingerprint density at radius 3 is 2.65 bits per heavy atom. The van der Waals surface area contributed by atoms with Crippen molar-refractivity contribution in [2.24, 2.45) is 0 Å². The number of thiophene rings is 1. The van der Waals surface area contributed by atoms with E-state index in [1.54, 1.807) is 17.4 Å². The summed E-state index contributed by atoms with van der Waals surface area (Å²) in [7, 11) is 5.70. The first-order chi connectivity index (χ1) is 8.18. The van der Waals surface area contributed by atoms with Crippen molar-refractivity contribution in [1.29, 1.82) is 0 Å². The van der Waals surface area contributed by atoms with Crippen molar-refractivity contribution in [2.75, 3.05) is 0 Å². The Kier molecular flexibility index (Phi) is 2.16. The first-order valence-electron chi connectivity index (χ1n) is 5.02. The topological polar surface area (TPSA) is 43.1 Å². The molecular formula is C12H6BNO2S. The predicted octanol–water partition coefficient (Wildman–Crippen LogP) is 2.76. The van der Waals surface area contributed by atoms with E-state index in [1.807, 2.05) is 30.3 Å². The third kappa shape index (κ3) is 1.43. The number of nitrogens with zero attached hydrogens (tertiary/aromatic N) is 1. The lowest BCUT2D eigenvalue weighted by Crippen LogP contribution is -2.08. The number of fused-ring (bicyclic) bond motifs is 3. The van der Waals surface area contributed by atoms with Crippen LogP contribution < -0.4 is 5.46 Å². The molecule has 0 bridgehead atoms. The molecule has 0 amide bonds. The summed E-state index contributed by atoms with van der Waals surface area (Å²) >= 11 is 1.54. The van der Waals surface area contributed by atoms with Crippen LogP contribution in [-0.4, -0.2) is 12.8 Å². The maximum absolute atomic E-state index is 11.1. The molecule has 5 heteroatoms. The van der Waals surface area contributed by atoms with E-state index < -0.39 is 4.92 Å². The van der Waals surface area contributed by atoms with Gasteiger partial charge in [0.05, 0.1) is 10.3 Å². The van der Waals surface area contributed by atoms with E-state index in [9.17, 15) is 10.1 Å². The van der Waals surface area contributed by atoms with E-state index in [4.69, 9.17) is 7.85 Å². The number of nitro groups is 1. The van der Waals surface area contributed by atoms with Crippen molar-refractivity contribution in [3.63, 3.8) is 0 Å². The normalized spacial score (nSPS) is 11.1. The van der Waals surface area contributed by atoms with Gasteiger partial charge < -0.3 is 0 Å². The molecule has 0 aliphatic rings. The van der Waals surface area contributed by atoms with Crippen LogP contribution in [0.4, 0.5) is 5.69 Å². The Balaban J connectivity index is 2.60. The highest BCUT2D eigenvalue weighted by atomic mass is 32.1. The van der Waals surface area contributed by atoms with Gasteiger partial charge in [-0.1, -0.05) is 24.3 Å². The summed E-state index contributed by atoms with van der Waals surface area (Å²) in [4.78, 5) is 10.7. The zero-order valence-electron chi connectivity index (χ0n) is 8.71. The largest absolute Gasteiger partial charge is 0.271 e. The van der Waals surface area contributed by atoms with E-state index in [0.29, 0.717) is 5.39 Å². The van der Waals surface area contributed by atoms with Crippen LogP contribution in [0.15, 0.2) is 36.4 Å². The first kappa shape index (κ1) is 10.3. The van der Waals surface area contributed by atoms with Gasteiger partial charge in [-0.15, -0.1) is 11.3 Å². The maximum Gasteiger partial charge on any atom is 0.271 e. The Morgan fingerprint density at radius 1 is 1.12 bits per heavy atom. The van der Waals surface area contributed by atoms with Gasteiger partial charge in [-0.3, -0.25) is 10.1 Å². The average molecular weight is 239 g/mol. The zero-order valence-corrected chi connectivity index (χ0v) is 9.53. The van der Waals surface area contributed by atoms with Crippen molar-refractivity contribution < 1.29 is 4.92 Å². The Hall–Kier alpha value is -1.88. The maximum atomic E-state index is 11.1. The molecule has 0 saturated heterocycles. The highest BCUT2D eigenvalue weighted by Crippen LogP contribution is 2.37. The molecule has 2 aromatic carbocycles. The molecule has 17 heavy (non-hydrogen) atoms. The summed E-state index contributed by atoms with van der Waals surface area (Å²) in [6.45, 7) is 0. The van der Waals surface area contributed by atoms with Crippen LogP contribution in [-0.2, 0) is 0 Å². The fourth-order valence-corrected chi connectivity index (χ4v) is 3.12. The van der Waals surface area contributed by atoms with Gasteiger partial charge in [-0.25, -0.2) is 0 Å². The minimum absolute atomic E-state index is 0.0138. The first-order valence-corrected chi connectivity index (χ1v) is 5.84. The molecule has 3 nitrogen and oxygen atoms in total. The Labute approximate surface area is 102 Å². The van der Waals surface area contributed by atoms with Gasteiger partial charge in [-0.05, 0) is 17.6 Å². The van der Waals surface area contributed by atoms with Crippen LogP contribution in [0.2, 0.25) is 0 Å². The molecule has 0 unspecified atom stereocenters. The molecule has 1 heterocycles.